The number of nitrogens with one attached hydrogen (secondary N) is 2. The van der Waals surface area contributed by atoms with Crippen molar-refractivity contribution in [3.63, 3.8) is 0 Å². The van der Waals surface area contributed by atoms with Crippen molar-refractivity contribution in [2.75, 3.05) is 18.5 Å². The summed E-state index contributed by atoms with van der Waals surface area (Å²) < 4.78 is 5.87. The van der Waals surface area contributed by atoms with Gasteiger partial charge in [-0.25, -0.2) is 0 Å². The number of nitro groups is 1. The summed E-state index contributed by atoms with van der Waals surface area (Å²) in [5.74, 6) is -0.247. The molecule has 0 unspecified atom stereocenters. The minimum Gasteiger partial charge on any atom is -0.379 e. The fraction of sp³-hybridized carbons (Fsp3) is 0.632. The molecule has 2 saturated carbocycles. The number of carbonyl (C=O) groups excluding carboxylic acids is 1. The fourth-order valence-electron chi connectivity index (χ4n) is 3.25. The number of rotatable bonds is 9. The monoisotopic (exact) mass is 361 g/mol. The van der Waals surface area contributed by atoms with Crippen molar-refractivity contribution >= 4 is 17.3 Å². The Balaban J connectivity index is 1.48. The summed E-state index contributed by atoms with van der Waals surface area (Å²) in [5.41, 5.74) is 0.701. The summed E-state index contributed by atoms with van der Waals surface area (Å²) in [7, 11) is 0. The summed E-state index contributed by atoms with van der Waals surface area (Å²) >= 11 is 0. The smallest absolute Gasteiger partial charge is 0.293 e. The van der Waals surface area contributed by atoms with Gasteiger partial charge < -0.3 is 15.4 Å². The highest BCUT2D eigenvalue weighted by molar-refractivity contribution is 5.96. The van der Waals surface area contributed by atoms with Crippen LogP contribution in [0.3, 0.4) is 0 Å². The Labute approximate surface area is 153 Å². The molecule has 1 amide bonds. The van der Waals surface area contributed by atoms with E-state index in [-0.39, 0.29) is 17.6 Å². The van der Waals surface area contributed by atoms with Crippen LogP contribution in [0.5, 0.6) is 0 Å². The molecule has 0 heterocycles. The lowest BCUT2D eigenvalue weighted by Gasteiger charge is -2.22. The normalized spacial score (nSPS) is 17.7. The Hall–Kier alpha value is -2.15. The molecule has 0 bridgehead atoms. The summed E-state index contributed by atoms with van der Waals surface area (Å²) in [5, 5.41) is 17.3. The number of hydrogen-bond donors (Lipinski definition) is 2. The van der Waals surface area contributed by atoms with Crippen molar-refractivity contribution in [3.8, 4) is 0 Å². The number of nitro benzene ring substituents is 1. The van der Waals surface area contributed by atoms with Crippen LogP contribution in [-0.2, 0) is 4.74 Å². The largest absolute Gasteiger partial charge is 0.379 e. The van der Waals surface area contributed by atoms with Crippen LogP contribution in [0.4, 0.5) is 11.4 Å². The van der Waals surface area contributed by atoms with E-state index in [1.807, 2.05) is 0 Å². The zero-order valence-electron chi connectivity index (χ0n) is 15.0. The van der Waals surface area contributed by atoms with E-state index in [0.29, 0.717) is 30.5 Å². The third kappa shape index (κ3) is 5.42. The van der Waals surface area contributed by atoms with E-state index in [4.69, 9.17) is 4.74 Å². The van der Waals surface area contributed by atoms with Crippen molar-refractivity contribution in [2.45, 2.75) is 63.5 Å². The van der Waals surface area contributed by atoms with Crippen LogP contribution in [0.25, 0.3) is 0 Å². The van der Waals surface area contributed by atoms with Gasteiger partial charge in [0.25, 0.3) is 11.6 Å². The molecule has 7 heteroatoms. The van der Waals surface area contributed by atoms with E-state index in [9.17, 15) is 14.9 Å². The van der Waals surface area contributed by atoms with Gasteiger partial charge in [-0.2, -0.15) is 0 Å². The van der Waals surface area contributed by atoms with Gasteiger partial charge in [-0.3, -0.25) is 14.9 Å². The molecule has 2 aliphatic carbocycles. The SMILES string of the molecule is O=C(NC1CC1)c1ccc(NCCCOC2CCCCC2)c([N+](=O)[O-])c1. The summed E-state index contributed by atoms with van der Waals surface area (Å²) in [6, 6.07) is 4.81. The Kier molecular flexibility index (Phi) is 6.44. The number of carbonyl (C=O) groups is 1. The van der Waals surface area contributed by atoms with Crippen LogP contribution >= 0.6 is 0 Å². The second-order valence-corrected chi connectivity index (χ2v) is 7.15. The third-order valence-corrected chi connectivity index (χ3v) is 4.91. The highest BCUT2D eigenvalue weighted by Gasteiger charge is 2.25. The van der Waals surface area contributed by atoms with Crippen LogP contribution in [0, 0.1) is 10.1 Å². The predicted molar refractivity (Wildman–Crippen MR) is 99.5 cm³/mol. The van der Waals surface area contributed by atoms with Crippen molar-refractivity contribution in [3.05, 3.63) is 33.9 Å². The van der Waals surface area contributed by atoms with Gasteiger partial charge in [0.05, 0.1) is 11.0 Å². The number of ether oxygens (including phenoxy) is 1. The van der Waals surface area contributed by atoms with Gasteiger partial charge in [0, 0.05) is 30.8 Å². The van der Waals surface area contributed by atoms with Crippen LogP contribution in [-0.4, -0.2) is 36.1 Å². The van der Waals surface area contributed by atoms with Crippen LogP contribution < -0.4 is 10.6 Å². The van der Waals surface area contributed by atoms with Gasteiger partial charge in [-0.05, 0) is 44.2 Å². The van der Waals surface area contributed by atoms with Gasteiger partial charge in [0.1, 0.15) is 5.69 Å². The average Bonchev–Trinajstić information content (AvgIpc) is 3.46. The molecular formula is C19H27N3O4. The maximum atomic E-state index is 12.1. The second kappa shape index (κ2) is 8.98. The maximum Gasteiger partial charge on any atom is 0.293 e. The number of nitrogens with zero attached hydrogens (tertiary/aromatic N) is 1. The van der Waals surface area contributed by atoms with E-state index < -0.39 is 4.92 Å². The average molecular weight is 361 g/mol. The summed E-state index contributed by atoms with van der Waals surface area (Å²) in [6.07, 6.45) is 9.21. The van der Waals surface area contributed by atoms with Gasteiger partial charge in [-0.15, -0.1) is 0 Å². The standard InChI is InChI=1S/C19H27N3O4/c23-19(21-15-8-9-15)14-7-10-17(18(13-14)22(24)25)20-11-4-12-26-16-5-2-1-3-6-16/h7,10,13,15-16,20H,1-6,8-9,11-12H2,(H,21,23). The van der Waals surface area contributed by atoms with Crippen molar-refractivity contribution < 1.29 is 14.5 Å². The lowest BCUT2D eigenvalue weighted by Crippen LogP contribution is -2.25. The Morgan fingerprint density at radius 1 is 1.19 bits per heavy atom. The van der Waals surface area contributed by atoms with Gasteiger partial charge in [0.2, 0.25) is 0 Å². The molecule has 2 fully saturated rings. The first-order valence-corrected chi connectivity index (χ1v) is 9.58. The highest BCUT2D eigenvalue weighted by atomic mass is 16.6. The van der Waals surface area contributed by atoms with Gasteiger partial charge in [0.15, 0.2) is 0 Å². The molecule has 1 aromatic rings. The van der Waals surface area contributed by atoms with Crippen molar-refractivity contribution in [1.82, 2.24) is 5.32 Å². The Morgan fingerprint density at radius 3 is 2.65 bits per heavy atom. The van der Waals surface area contributed by atoms with Crippen LogP contribution in [0.15, 0.2) is 18.2 Å². The first-order chi connectivity index (χ1) is 12.6. The van der Waals surface area contributed by atoms with Crippen molar-refractivity contribution in [2.24, 2.45) is 0 Å². The quantitative estimate of drug-likeness (QED) is 0.398. The first kappa shape index (κ1) is 18.6. The topological polar surface area (TPSA) is 93.5 Å². The van der Waals surface area contributed by atoms with Crippen molar-refractivity contribution in [1.29, 1.82) is 0 Å². The molecule has 0 spiro atoms. The number of hydrogen-bond acceptors (Lipinski definition) is 5. The maximum absolute atomic E-state index is 12.1. The van der Waals surface area contributed by atoms with E-state index in [2.05, 4.69) is 10.6 Å². The molecule has 1 aromatic carbocycles. The van der Waals surface area contributed by atoms with Crippen LogP contribution in [0.1, 0.15) is 61.7 Å². The highest BCUT2D eigenvalue weighted by Crippen LogP contribution is 2.27. The van der Waals surface area contributed by atoms with Gasteiger partial charge >= 0.3 is 0 Å². The summed E-state index contributed by atoms with van der Waals surface area (Å²) in [6.45, 7) is 1.26. The van der Waals surface area contributed by atoms with E-state index in [1.54, 1.807) is 12.1 Å². The van der Waals surface area contributed by atoms with Gasteiger partial charge in [-0.1, -0.05) is 19.3 Å². The minimum absolute atomic E-state index is 0.0679. The number of benzene rings is 1. The lowest BCUT2D eigenvalue weighted by atomic mass is 9.98. The Morgan fingerprint density at radius 2 is 1.96 bits per heavy atom. The lowest BCUT2D eigenvalue weighted by molar-refractivity contribution is -0.384. The molecule has 2 aliphatic rings. The molecule has 0 aliphatic heterocycles. The molecular weight excluding hydrogens is 334 g/mol. The molecule has 142 valence electrons. The molecule has 0 radical (unpaired) electrons. The Bertz CT molecular complexity index is 640. The summed E-state index contributed by atoms with van der Waals surface area (Å²) in [4.78, 5) is 22.9. The van der Waals surface area contributed by atoms with E-state index in [1.165, 1.54) is 25.3 Å². The third-order valence-electron chi connectivity index (χ3n) is 4.91. The number of anilines is 1. The molecule has 0 aromatic heterocycles. The molecule has 26 heavy (non-hydrogen) atoms. The molecule has 0 saturated heterocycles. The van der Waals surface area contributed by atoms with E-state index in [0.717, 1.165) is 32.1 Å². The second-order valence-electron chi connectivity index (χ2n) is 7.15. The molecule has 0 atom stereocenters. The predicted octanol–water partition coefficient (Wildman–Crippen LogP) is 3.64. The zero-order valence-corrected chi connectivity index (χ0v) is 15.0. The zero-order chi connectivity index (χ0) is 18.4. The van der Waals surface area contributed by atoms with Crippen LogP contribution in [0.2, 0.25) is 0 Å². The van der Waals surface area contributed by atoms with E-state index >= 15 is 0 Å². The molecule has 3 rings (SSSR count). The molecule has 2 N–H and O–H groups in total. The number of amides is 1. The molecule has 7 nitrogen and oxygen atoms in total. The minimum atomic E-state index is -0.450. The fourth-order valence-corrected chi connectivity index (χ4v) is 3.25. The first-order valence-electron chi connectivity index (χ1n) is 9.58.